The van der Waals surface area contributed by atoms with Crippen LogP contribution in [0.4, 0.5) is 19.0 Å². The number of thiophene rings is 1. The van der Waals surface area contributed by atoms with Crippen LogP contribution in [0.3, 0.4) is 0 Å². The predicted molar refractivity (Wildman–Crippen MR) is 104 cm³/mol. The molecule has 0 spiro atoms. The quantitative estimate of drug-likeness (QED) is 0.441. The van der Waals surface area contributed by atoms with E-state index in [1.54, 1.807) is 16.8 Å². The van der Waals surface area contributed by atoms with Gasteiger partial charge in [0.2, 0.25) is 0 Å². The summed E-state index contributed by atoms with van der Waals surface area (Å²) in [4.78, 5) is 4.10. The molecular weight excluding hydrogens is 411 g/mol. The summed E-state index contributed by atoms with van der Waals surface area (Å²) in [6, 6.07) is 6.31. The zero-order valence-corrected chi connectivity index (χ0v) is 16.3. The summed E-state index contributed by atoms with van der Waals surface area (Å²) in [5, 5.41) is 13.3. The molecule has 6 nitrogen and oxygen atoms in total. The Morgan fingerprint density at radius 3 is 2.93 bits per heavy atom. The minimum absolute atomic E-state index is 0.271. The molecule has 3 aromatic heterocycles. The molecule has 28 heavy (non-hydrogen) atoms. The maximum atomic E-state index is 12.9. The Kier molecular flexibility index (Phi) is 5.50. The number of fused-ring (bicyclic) bond motifs is 1. The van der Waals surface area contributed by atoms with Gasteiger partial charge in [-0.05, 0) is 43.4 Å². The summed E-state index contributed by atoms with van der Waals surface area (Å²) >= 11 is 1.57. The lowest BCUT2D eigenvalue weighted by Gasteiger charge is -2.15. The van der Waals surface area contributed by atoms with Gasteiger partial charge in [0.25, 0.3) is 0 Å². The number of anilines is 1. The van der Waals surface area contributed by atoms with E-state index >= 15 is 0 Å². The summed E-state index contributed by atoms with van der Waals surface area (Å²) in [5.74, 6) is 1.22. The number of hydrogen-bond acceptors (Lipinski definition) is 7. The van der Waals surface area contributed by atoms with Gasteiger partial charge in [-0.15, -0.1) is 11.3 Å². The first-order valence-corrected chi connectivity index (χ1v) is 10.3. The summed E-state index contributed by atoms with van der Waals surface area (Å²) in [6.07, 6.45) is 0.323. The molecule has 3 heterocycles. The van der Waals surface area contributed by atoms with Crippen LogP contribution < -0.4 is 10.5 Å². The number of nitrogens with zero attached hydrogens (tertiary/aromatic N) is 3. The zero-order chi connectivity index (χ0) is 19.7. The van der Waals surface area contributed by atoms with Crippen LogP contribution in [-0.4, -0.2) is 27.2 Å². The molecule has 1 fully saturated rings. The van der Waals surface area contributed by atoms with E-state index in [1.807, 2.05) is 6.07 Å². The minimum atomic E-state index is -4.35. The number of nitrogens with two attached hydrogens (primary N) is 1. The van der Waals surface area contributed by atoms with Crippen LogP contribution in [0.15, 0.2) is 30.5 Å². The lowest BCUT2D eigenvalue weighted by atomic mass is 10.1. The number of halogens is 3. The van der Waals surface area contributed by atoms with Gasteiger partial charge in [-0.3, -0.25) is 5.14 Å². The van der Waals surface area contributed by atoms with Crippen molar-refractivity contribution in [3.8, 4) is 10.6 Å². The van der Waals surface area contributed by atoms with Crippen molar-refractivity contribution in [2.24, 2.45) is 11.1 Å². The van der Waals surface area contributed by atoms with Gasteiger partial charge in [-0.25, -0.2) is 4.98 Å². The van der Waals surface area contributed by atoms with Crippen LogP contribution in [0, 0.1) is 5.92 Å². The molecule has 150 valence electrons. The van der Waals surface area contributed by atoms with Crippen LogP contribution in [0.25, 0.3) is 16.2 Å². The molecule has 4 rings (SSSR count). The monoisotopic (exact) mass is 429 g/mol. The second kappa shape index (κ2) is 7.90. The van der Waals surface area contributed by atoms with Gasteiger partial charge in [-0.2, -0.15) is 22.8 Å². The second-order valence-electron chi connectivity index (χ2n) is 6.69. The van der Waals surface area contributed by atoms with Crippen molar-refractivity contribution in [3.05, 3.63) is 35.3 Å². The van der Waals surface area contributed by atoms with Crippen molar-refractivity contribution >= 4 is 35.0 Å². The Labute approximate surface area is 167 Å². The van der Waals surface area contributed by atoms with Crippen molar-refractivity contribution in [2.75, 3.05) is 11.9 Å². The third-order valence-corrected chi connectivity index (χ3v) is 6.19. The van der Waals surface area contributed by atoms with E-state index in [1.165, 1.54) is 6.07 Å². The lowest BCUT2D eigenvalue weighted by molar-refractivity contribution is -0.134. The van der Waals surface area contributed by atoms with Crippen molar-refractivity contribution < 1.29 is 17.4 Å². The molecule has 2 unspecified atom stereocenters. The van der Waals surface area contributed by atoms with Gasteiger partial charge >= 0.3 is 6.18 Å². The normalized spacial score (nSPS) is 20.1. The Bertz CT molecular complexity index is 958. The standard InChI is InChI=1S/C17H18F3N5OS2/c18-17(19,20)14-4-3-13(27-14)12-8-16-22-6-5-15(25(16)24-12)23-11-2-1-10(7-11)9-26-28-21/h3-6,8,10-11,23H,1-2,7,9,21H2. The fourth-order valence-corrected chi connectivity index (χ4v) is 4.56. The van der Waals surface area contributed by atoms with Crippen LogP contribution in [0.5, 0.6) is 0 Å². The molecular formula is C17H18F3N5OS2. The van der Waals surface area contributed by atoms with Crippen molar-refractivity contribution in [1.29, 1.82) is 0 Å². The zero-order valence-electron chi connectivity index (χ0n) is 14.6. The van der Waals surface area contributed by atoms with Crippen LogP contribution >= 0.6 is 23.6 Å². The number of nitrogens with one attached hydrogen (secondary N) is 1. The van der Waals surface area contributed by atoms with Gasteiger partial charge in [0.15, 0.2) is 5.65 Å². The summed E-state index contributed by atoms with van der Waals surface area (Å²) in [5.41, 5.74) is 1.05. The summed E-state index contributed by atoms with van der Waals surface area (Å²) in [6.45, 7) is 0.622. The molecule has 0 aromatic carbocycles. The molecule has 0 aliphatic heterocycles. The Morgan fingerprint density at radius 1 is 1.32 bits per heavy atom. The summed E-state index contributed by atoms with van der Waals surface area (Å²) in [7, 11) is 0. The minimum Gasteiger partial charge on any atom is -0.367 e. The molecule has 0 bridgehead atoms. The number of hydrogen-bond donors (Lipinski definition) is 2. The average molecular weight is 429 g/mol. The maximum absolute atomic E-state index is 12.9. The van der Waals surface area contributed by atoms with E-state index < -0.39 is 11.1 Å². The van der Waals surface area contributed by atoms with Gasteiger partial charge in [0, 0.05) is 18.3 Å². The van der Waals surface area contributed by atoms with E-state index in [0.29, 0.717) is 40.1 Å². The SMILES string of the molecule is NSOCC1CCC(Nc2ccnc3cc(-c4ccc(C(F)(F)F)s4)nn23)C1. The predicted octanol–water partition coefficient (Wildman–Crippen LogP) is 4.60. The Hall–Kier alpha value is -1.82. The highest BCUT2D eigenvalue weighted by Gasteiger charge is 2.33. The first kappa shape index (κ1) is 19.5. The number of aromatic nitrogens is 3. The van der Waals surface area contributed by atoms with Crippen molar-refractivity contribution in [2.45, 2.75) is 31.5 Å². The van der Waals surface area contributed by atoms with Gasteiger partial charge in [0.1, 0.15) is 16.4 Å². The first-order valence-electron chi connectivity index (χ1n) is 8.71. The molecule has 3 N–H and O–H groups in total. The van der Waals surface area contributed by atoms with Gasteiger partial charge in [-0.1, -0.05) is 0 Å². The molecule has 1 aliphatic carbocycles. The van der Waals surface area contributed by atoms with Crippen LogP contribution in [0.1, 0.15) is 24.1 Å². The molecule has 1 saturated carbocycles. The highest BCUT2D eigenvalue weighted by molar-refractivity contribution is 7.92. The van der Waals surface area contributed by atoms with E-state index in [0.717, 1.165) is 43.4 Å². The summed E-state index contributed by atoms with van der Waals surface area (Å²) < 4.78 is 45.5. The van der Waals surface area contributed by atoms with E-state index in [2.05, 4.69) is 15.4 Å². The topological polar surface area (TPSA) is 77.5 Å². The smallest absolute Gasteiger partial charge is 0.367 e. The molecule has 0 amide bonds. The van der Waals surface area contributed by atoms with E-state index in [4.69, 9.17) is 9.32 Å². The fraction of sp³-hybridized carbons (Fsp3) is 0.412. The average Bonchev–Trinajstić information content (AvgIpc) is 3.38. The molecule has 0 radical (unpaired) electrons. The maximum Gasteiger partial charge on any atom is 0.425 e. The van der Waals surface area contributed by atoms with Crippen molar-refractivity contribution in [1.82, 2.24) is 14.6 Å². The largest absolute Gasteiger partial charge is 0.425 e. The number of alkyl halides is 3. The fourth-order valence-electron chi connectivity index (χ4n) is 3.45. The van der Waals surface area contributed by atoms with Crippen LogP contribution in [0.2, 0.25) is 0 Å². The third kappa shape index (κ3) is 4.12. The molecule has 3 aromatic rings. The molecule has 2 atom stereocenters. The Balaban J connectivity index is 1.54. The van der Waals surface area contributed by atoms with E-state index in [-0.39, 0.29) is 6.04 Å². The van der Waals surface area contributed by atoms with Crippen molar-refractivity contribution in [3.63, 3.8) is 0 Å². The van der Waals surface area contributed by atoms with Crippen LogP contribution in [-0.2, 0) is 10.4 Å². The highest BCUT2D eigenvalue weighted by atomic mass is 32.2. The van der Waals surface area contributed by atoms with Gasteiger partial charge < -0.3 is 9.50 Å². The molecule has 0 saturated heterocycles. The van der Waals surface area contributed by atoms with E-state index in [9.17, 15) is 13.2 Å². The second-order valence-corrected chi connectivity index (χ2v) is 8.20. The molecule has 1 aliphatic rings. The lowest BCUT2D eigenvalue weighted by Crippen LogP contribution is -2.18. The highest BCUT2D eigenvalue weighted by Crippen LogP contribution is 2.38. The third-order valence-electron chi connectivity index (χ3n) is 4.76. The Morgan fingerprint density at radius 2 is 2.18 bits per heavy atom. The molecule has 11 heteroatoms. The van der Waals surface area contributed by atoms with Gasteiger partial charge in [0.05, 0.1) is 23.7 Å². The first-order chi connectivity index (χ1) is 13.4. The number of rotatable bonds is 6.